The van der Waals surface area contributed by atoms with Crippen LogP contribution >= 0.6 is 0 Å². The van der Waals surface area contributed by atoms with Crippen LogP contribution in [-0.4, -0.2) is 89.7 Å². The Labute approximate surface area is 162 Å². The number of nitrogens with zero attached hydrogens (tertiary/aromatic N) is 5. The molecule has 0 radical (unpaired) electrons. The molecule has 1 spiro atoms. The van der Waals surface area contributed by atoms with Crippen molar-refractivity contribution < 1.29 is 13.2 Å². The number of aromatic nitrogens is 2. The molecule has 1 aromatic heterocycles. The van der Waals surface area contributed by atoms with Crippen molar-refractivity contribution in [2.24, 2.45) is 0 Å². The van der Waals surface area contributed by atoms with Crippen molar-refractivity contribution in [3.8, 4) is 0 Å². The molecule has 9 heteroatoms. The van der Waals surface area contributed by atoms with Crippen molar-refractivity contribution >= 4 is 10.2 Å². The quantitative estimate of drug-likeness (QED) is 0.709. The maximum absolute atomic E-state index is 12.7. The van der Waals surface area contributed by atoms with Crippen LogP contribution in [0.5, 0.6) is 0 Å². The monoisotopic (exact) mass is 397 g/mol. The fourth-order valence-electron chi connectivity index (χ4n) is 5.08. The van der Waals surface area contributed by atoms with Gasteiger partial charge in [0, 0.05) is 64.8 Å². The van der Waals surface area contributed by atoms with Gasteiger partial charge in [-0.1, -0.05) is 0 Å². The van der Waals surface area contributed by atoms with Crippen molar-refractivity contribution in [2.75, 3.05) is 40.3 Å². The summed E-state index contributed by atoms with van der Waals surface area (Å²) in [7, 11) is -0.111. The Bertz CT molecular complexity index is 722. The van der Waals surface area contributed by atoms with Crippen LogP contribution in [0.15, 0.2) is 18.5 Å². The molecular weight excluding hydrogens is 366 g/mol. The van der Waals surface area contributed by atoms with Crippen LogP contribution in [0, 0.1) is 0 Å². The van der Waals surface area contributed by atoms with Gasteiger partial charge in [0.15, 0.2) is 0 Å². The van der Waals surface area contributed by atoms with Crippen molar-refractivity contribution in [3.63, 3.8) is 0 Å². The molecule has 3 atom stereocenters. The molecule has 152 valence electrons. The second kappa shape index (κ2) is 7.44. The van der Waals surface area contributed by atoms with Crippen LogP contribution < -0.4 is 0 Å². The molecule has 0 saturated carbocycles. The highest BCUT2D eigenvalue weighted by Gasteiger charge is 2.54. The number of hydrogen-bond acceptors (Lipinski definition) is 5. The summed E-state index contributed by atoms with van der Waals surface area (Å²) in [6, 6.07) is 2.09. The Hall–Kier alpha value is -1.00. The summed E-state index contributed by atoms with van der Waals surface area (Å²) in [5.41, 5.74) is -0.186. The molecule has 1 unspecified atom stereocenters. The summed E-state index contributed by atoms with van der Waals surface area (Å²) in [6.07, 6.45) is 8.39. The lowest BCUT2D eigenvalue weighted by Gasteiger charge is -2.50. The number of piperidine rings is 1. The van der Waals surface area contributed by atoms with E-state index < -0.39 is 10.2 Å². The van der Waals surface area contributed by atoms with Gasteiger partial charge in [-0.25, -0.2) is 0 Å². The van der Waals surface area contributed by atoms with Crippen LogP contribution in [0.25, 0.3) is 0 Å². The van der Waals surface area contributed by atoms with E-state index in [4.69, 9.17) is 4.74 Å². The highest BCUT2D eigenvalue weighted by atomic mass is 32.2. The molecular formula is C18H31N5O3S. The third kappa shape index (κ3) is 3.80. The molecule has 8 nitrogen and oxygen atoms in total. The predicted octanol–water partition coefficient (Wildman–Crippen LogP) is 0.777. The fraction of sp³-hybridized carbons (Fsp3) is 0.833. The van der Waals surface area contributed by atoms with Gasteiger partial charge in [-0.15, -0.1) is 0 Å². The van der Waals surface area contributed by atoms with Crippen LogP contribution in [0.3, 0.4) is 0 Å². The van der Waals surface area contributed by atoms with Crippen LogP contribution in [0.4, 0.5) is 0 Å². The van der Waals surface area contributed by atoms with E-state index in [0.29, 0.717) is 0 Å². The molecule has 27 heavy (non-hydrogen) atoms. The standard InChI is InChI=1S/C18H31N5O3S/c1-20(2)27(24,25)23-16-5-6-17(23)14-18(13-16)15-21(11-12-26-18)8-4-10-22-9-3-7-19-22/h3,7,9,16-17H,4-6,8,10-15H2,1-2H3/t16-,17+,18?. The third-order valence-corrected chi connectivity index (χ3v) is 8.30. The number of hydrogen-bond donors (Lipinski definition) is 0. The predicted molar refractivity (Wildman–Crippen MR) is 102 cm³/mol. The summed E-state index contributed by atoms with van der Waals surface area (Å²) < 4.78 is 36.8. The number of fused-ring (bicyclic) bond motifs is 2. The summed E-state index contributed by atoms with van der Waals surface area (Å²) in [5.74, 6) is 0. The molecule has 3 fully saturated rings. The van der Waals surface area contributed by atoms with Crippen LogP contribution in [0.1, 0.15) is 32.1 Å². The lowest BCUT2D eigenvalue weighted by molar-refractivity contribution is -0.141. The van der Waals surface area contributed by atoms with Gasteiger partial charge in [0.2, 0.25) is 0 Å². The minimum Gasteiger partial charge on any atom is -0.372 e. The Kier molecular flexibility index (Phi) is 5.32. The number of aryl methyl sites for hydroxylation is 1. The largest absolute Gasteiger partial charge is 0.372 e. The van der Waals surface area contributed by atoms with Gasteiger partial charge in [0.05, 0.1) is 12.2 Å². The molecule has 4 heterocycles. The van der Waals surface area contributed by atoms with E-state index >= 15 is 0 Å². The van der Waals surface area contributed by atoms with E-state index in [1.807, 2.05) is 23.1 Å². The van der Waals surface area contributed by atoms with E-state index in [-0.39, 0.29) is 17.7 Å². The van der Waals surface area contributed by atoms with E-state index in [2.05, 4.69) is 10.00 Å². The fourth-order valence-corrected chi connectivity index (χ4v) is 6.57. The first-order valence-electron chi connectivity index (χ1n) is 9.94. The molecule has 0 aliphatic carbocycles. The minimum absolute atomic E-state index is 0.0696. The average molecular weight is 398 g/mol. The zero-order valence-corrected chi connectivity index (χ0v) is 17.1. The van der Waals surface area contributed by atoms with Gasteiger partial charge in [-0.05, 0) is 38.2 Å². The number of rotatable bonds is 6. The topological polar surface area (TPSA) is 70.9 Å². The summed E-state index contributed by atoms with van der Waals surface area (Å²) >= 11 is 0. The van der Waals surface area contributed by atoms with Gasteiger partial charge >= 0.3 is 0 Å². The zero-order valence-electron chi connectivity index (χ0n) is 16.3. The maximum atomic E-state index is 12.7. The highest BCUT2D eigenvalue weighted by molar-refractivity contribution is 7.86. The number of morpholine rings is 1. The SMILES string of the molecule is CN(C)S(=O)(=O)N1[C@@H]2CC[C@H]1CC1(C2)CN(CCCn2cccn2)CCO1. The molecule has 3 aliphatic rings. The summed E-state index contributed by atoms with van der Waals surface area (Å²) in [5, 5.41) is 4.26. The van der Waals surface area contributed by atoms with E-state index in [1.54, 1.807) is 18.4 Å². The maximum Gasteiger partial charge on any atom is 0.281 e. The first kappa shape index (κ1) is 19.3. The van der Waals surface area contributed by atoms with E-state index in [1.165, 1.54) is 4.31 Å². The first-order chi connectivity index (χ1) is 12.9. The van der Waals surface area contributed by atoms with Gasteiger partial charge in [0.25, 0.3) is 10.2 Å². The van der Waals surface area contributed by atoms with Crippen LogP contribution in [0.2, 0.25) is 0 Å². The Morgan fingerprint density at radius 3 is 2.59 bits per heavy atom. The normalized spacial score (nSPS) is 32.6. The van der Waals surface area contributed by atoms with Gasteiger partial charge in [0.1, 0.15) is 0 Å². The van der Waals surface area contributed by atoms with Gasteiger partial charge < -0.3 is 4.74 Å². The zero-order chi connectivity index (χ0) is 19.1. The number of ether oxygens (including phenoxy) is 1. The molecule has 2 bridgehead atoms. The molecule has 0 amide bonds. The van der Waals surface area contributed by atoms with Crippen molar-refractivity contribution in [1.29, 1.82) is 0 Å². The van der Waals surface area contributed by atoms with E-state index in [9.17, 15) is 8.42 Å². The van der Waals surface area contributed by atoms with Crippen molar-refractivity contribution in [2.45, 2.75) is 56.3 Å². The van der Waals surface area contributed by atoms with Crippen LogP contribution in [-0.2, 0) is 21.5 Å². The summed E-state index contributed by atoms with van der Waals surface area (Å²) in [4.78, 5) is 2.49. The Morgan fingerprint density at radius 2 is 1.96 bits per heavy atom. The second-order valence-corrected chi connectivity index (χ2v) is 10.4. The summed E-state index contributed by atoms with van der Waals surface area (Å²) in [6.45, 7) is 4.56. The molecule has 0 aromatic carbocycles. The Balaban J connectivity index is 1.38. The highest BCUT2D eigenvalue weighted by Crippen LogP contribution is 2.45. The minimum atomic E-state index is -3.36. The molecule has 4 rings (SSSR count). The van der Waals surface area contributed by atoms with E-state index in [0.717, 1.165) is 64.9 Å². The lowest BCUT2D eigenvalue weighted by atomic mass is 9.85. The molecule has 1 aromatic rings. The first-order valence-corrected chi connectivity index (χ1v) is 11.3. The molecule has 3 saturated heterocycles. The van der Waals surface area contributed by atoms with Crippen molar-refractivity contribution in [1.82, 2.24) is 23.3 Å². The smallest absolute Gasteiger partial charge is 0.281 e. The van der Waals surface area contributed by atoms with Gasteiger partial charge in [-0.3, -0.25) is 9.58 Å². The molecule has 0 N–H and O–H groups in total. The average Bonchev–Trinajstić information content (AvgIpc) is 3.22. The molecule has 3 aliphatic heterocycles. The second-order valence-electron chi connectivity index (χ2n) is 8.34. The van der Waals surface area contributed by atoms with Crippen molar-refractivity contribution in [3.05, 3.63) is 18.5 Å². The lowest BCUT2D eigenvalue weighted by Crippen LogP contribution is -2.61. The Morgan fingerprint density at radius 1 is 1.22 bits per heavy atom. The van der Waals surface area contributed by atoms with Gasteiger partial charge in [-0.2, -0.15) is 22.1 Å². The third-order valence-electron chi connectivity index (χ3n) is 6.24.